The molecule has 1 aromatic heterocycles. The van der Waals surface area contributed by atoms with Crippen LogP contribution in [-0.4, -0.2) is 35.3 Å². The summed E-state index contributed by atoms with van der Waals surface area (Å²) in [6.07, 6.45) is 2.34. The molecule has 3 rings (SSSR count). The van der Waals surface area contributed by atoms with Gasteiger partial charge in [0.15, 0.2) is 15.7 Å². The number of carbonyl (C=O) groups excluding carboxylic acids is 2. The van der Waals surface area contributed by atoms with E-state index in [0.717, 1.165) is 0 Å². The van der Waals surface area contributed by atoms with Gasteiger partial charge in [-0.05, 0) is 55.8 Å². The SMILES string of the molecule is CC(C)S(=O)(=O)c1cccc(N(Cc2ccc(Cl)c(Cl)c2)C(=O)CC(=O)c2ncccn2)c1. The van der Waals surface area contributed by atoms with Crippen LogP contribution in [-0.2, 0) is 21.2 Å². The first-order chi connectivity index (χ1) is 15.6. The minimum Gasteiger partial charge on any atom is -0.308 e. The molecule has 0 spiro atoms. The van der Waals surface area contributed by atoms with Gasteiger partial charge in [0.25, 0.3) is 0 Å². The molecule has 2 aromatic carbocycles. The number of rotatable bonds is 8. The Morgan fingerprint density at radius 3 is 2.30 bits per heavy atom. The second-order valence-corrected chi connectivity index (χ2v) is 10.8. The van der Waals surface area contributed by atoms with Crippen LogP contribution < -0.4 is 4.90 Å². The number of sulfone groups is 1. The van der Waals surface area contributed by atoms with E-state index in [2.05, 4.69) is 9.97 Å². The highest BCUT2D eigenvalue weighted by Crippen LogP contribution is 2.27. The normalized spacial score (nSPS) is 11.4. The molecular weight excluding hydrogens is 485 g/mol. The molecule has 1 heterocycles. The third-order valence-corrected chi connectivity index (χ3v) is 7.72. The number of hydrogen-bond acceptors (Lipinski definition) is 6. The van der Waals surface area contributed by atoms with Crippen LogP contribution in [0.25, 0.3) is 0 Å². The third-order valence-electron chi connectivity index (χ3n) is 4.83. The van der Waals surface area contributed by atoms with Crippen molar-refractivity contribution in [3.63, 3.8) is 0 Å². The summed E-state index contributed by atoms with van der Waals surface area (Å²) in [5, 5.41) is 0.0370. The van der Waals surface area contributed by atoms with Crippen molar-refractivity contribution < 1.29 is 18.0 Å². The summed E-state index contributed by atoms with van der Waals surface area (Å²) < 4.78 is 25.3. The number of carbonyl (C=O) groups is 2. The van der Waals surface area contributed by atoms with Crippen LogP contribution in [0.15, 0.2) is 65.8 Å². The number of anilines is 1. The molecule has 10 heteroatoms. The van der Waals surface area contributed by atoms with E-state index in [-0.39, 0.29) is 17.3 Å². The number of benzene rings is 2. The Morgan fingerprint density at radius 1 is 0.970 bits per heavy atom. The van der Waals surface area contributed by atoms with Gasteiger partial charge in [-0.3, -0.25) is 9.59 Å². The van der Waals surface area contributed by atoms with Gasteiger partial charge in [-0.2, -0.15) is 0 Å². The van der Waals surface area contributed by atoms with Crippen LogP contribution in [0.5, 0.6) is 0 Å². The topological polar surface area (TPSA) is 97.3 Å². The van der Waals surface area contributed by atoms with Crippen LogP contribution in [0.1, 0.15) is 36.5 Å². The molecular formula is C23H21Cl2N3O4S. The van der Waals surface area contributed by atoms with E-state index in [1.165, 1.54) is 29.4 Å². The quantitative estimate of drug-likeness (QED) is 0.323. The minimum absolute atomic E-state index is 0.0455. The smallest absolute Gasteiger partial charge is 0.235 e. The number of aromatic nitrogens is 2. The molecule has 0 aliphatic carbocycles. The van der Waals surface area contributed by atoms with Gasteiger partial charge in [0, 0.05) is 18.1 Å². The predicted molar refractivity (Wildman–Crippen MR) is 127 cm³/mol. The Kier molecular flexibility index (Phi) is 7.84. The van der Waals surface area contributed by atoms with Gasteiger partial charge in [-0.25, -0.2) is 18.4 Å². The largest absolute Gasteiger partial charge is 0.308 e. The highest BCUT2D eigenvalue weighted by molar-refractivity contribution is 7.92. The molecule has 33 heavy (non-hydrogen) atoms. The van der Waals surface area contributed by atoms with Crippen molar-refractivity contribution in [1.29, 1.82) is 0 Å². The number of amides is 1. The fourth-order valence-corrected chi connectivity index (χ4v) is 4.42. The lowest BCUT2D eigenvalue weighted by molar-refractivity contribution is -0.117. The Labute approximate surface area is 202 Å². The van der Waals surface area contributed by atoms with E-state index < -0.39 is 33.2 Å². The summed E-state index contributed by atoms with van der Waals surface area (Å²) in [4.78, 5) is 35.0. The summed E-state index contributed by atoms with van der Waals surface area (Å²) in [6, 6.07) is 12.5. The summed E-state index contributed by atoms with van der Waals surface area (Å²) >= 11 is 12.1. The van der Waals surface area contributed by atoms with E-state index in [4.69, 9.17) is 23.2 Å². The van der Waals surface area contributed by atoms with Crippen molar-refractivity contribution in [3.05, 3.63) is 82.4 Å². The van der Waals surface area contributed by atoms with Gasteiger partial charge in [0.2, 0.25) is 11.7 Å². The fourth-order valence-electron chi connectivity index (χ4n) is 3.00. The van der Waals surface area contributed by atoms with E-state index in [0.29, 0.717) is 21.3 Å². The lowest BCUT2D eigenvalue weighted by Crippen LogP contribution is -2.32. The van der Waals surface area contributed by atoms with Crippen LogP contribution in [0, 0.1) is 0 Å². The second kappa shape index (κ2) is 10.4. The molecule has 0 saturated carbocycles. The summed E-state index contributed by atoms with van der Waals surface area (Å²) in [5.41, 5.74) is 0.979. The lowest BCUT2D eigenvalue weighted by Gasteiger charge is -2.24. The standard InChI is InChI=1S/C23H21Cl2N3O4S/c1-15(2)33(31,32)18-6-3-5-17(12-18)28(14-16-7-8-19(24)20(25)11-16)22(30)13-21(29)23-26-9-4-10-27-23/h3-12,15H,13-14H2,1-2H3. The second-order valence-electron chi connectivity index (χ2n) is 7.49. The highest BCUT2D eigenvalue weighted by atomic mass is 35.5. The monoisotopic (exact) mass is 505 g/mol. The lowest BCUT2D eigenvalue weighted by atomic mass is 10.1. The Hall–Kier alpha value is -2.81. The van der Waals surface area contributed by atoms with Crippen molar-refractivity contribution in [3.8, 4) is 0 Å². The van der Waals surface area contributed by atoms with Crippen molar-refractivity contribution in [2.75, 3.05) is 4.90 Å². The summed E-state index contributed by atoms with van der Waals surface area (Å²) in [5.74, 6) is -1.17. The molecule has 3 aromatic rings. The van der Waals surface area contributed by atoms with Crippen LogP contribution >= 0.6 is 23.2 Å². The van der Waals surface area contributed by atoms with Gasteiger partial charge < -0.3 is 4.90 Å². The molecule has 172 valence electrons. The summed E-state index contributed by atoms with van der Waals surface area (Å²) in [6.45, 7) is 3.21. The van der Waals surface area contributed by atoms with Crippen molar-refractivity contribution in [2.24, 2.45) is 0 Å². The number of halogens is 2. The Bertz CT molecular complexity index is 1280. The molecule has 1 amide bonds. The van der Waals surface area contributed by atoms with E-state index >= 15 is 0 Å². The zero-order valence-electron chi connectivity index (χ0n) is 17.9. The average molecular weight is 506 g/mol. The number of hydrogen-bond donors (Lipinski definition) is 0. The molecule has 0 N–H and O–H groups in total. The number of nitrogens with zero attached hydrogens (tertiary/aromatic N) is 3. The number of Topliss-reactive ketones (excluding diaryl/α,β-unsaturated/α-hetero) is 1. The molecule has 7 nitrogen and oxygen atoms in total. The zero-order valence-corrected chi connectivity index (χ0v) is 20.2. The van der Waals surface area contributed by atoms with Gasteiger partial charge in [0.05, 0.1) is 33.2 Å². The first-order valence-electron chi connectivity index (χ1n) is 9.98. The molecule has 0 bridgehead atoms. The van der Waals surface area contributed by atoms with Crippen molar-refractivity contribution in [2.45, 2.75) is 37.0 Å². The Morgan fingerprint density at radius 2 is 1.67 bits per heavy atom. The maximum absolute atomic E-state index is 13.2. The first kappa shape index (κ1) is 24.8. The van der Waals surface area contributed by atoms with Crippen LogP contribution in [0.4, 0.5) is 5.69 Å². The first-order valence-corrected chi connectivity index (χ1v) is 12.3. The van der Waals surface area contributed by atoms with Crippen LogP contribution in [0.2, 0.25) is 10.0 Å². The van der Waals surface area contributed by atoms with Crippen molar-refractivity contribution in [1.82, 2.24) is 9.97 Å². The highest BCUT2D eigenvalue weighted by Gasteiger charge is 2.25. The third kappa shape index (κ3) is 5.96. The zero-order chi connectivity index (χ0) is 24.2. The predicted octanol–water partition coefficient (Wildman–Crippen LogP) is 4.77. The van der Waals surface area contributed by atoms with Gasteiger partial charge in [0.1, 0.15) is 0 Å². The maximum Gasteiger partial charge on any atom is 0.235 e. The molecule has 0 saturated heterocycles. The average Bonchev–Trinajstić information content (AvgIpc) is 2.80. The van der Waals surface area contributed by atoms with Gasteiger partial charge >= 0.3 is 0 Å². The van der Waals surface area contributed by atoms with Crippen molar-refractivity contribution >= 4 is 50.4 Å². The Balaban J connectivity index is 1.99. The van der Waals surface area contributed by atoms with E-state index in [1.54, 1.807) is 50.2 Å². The molecule has 0 fully saturated rings. The minimum atomic E-state index is -3.57. The van der Waals surface area contributed by atoms with Gasteiger partial charge in [-0.1, -0.05) is 35.3 Å². The molecule has 0 radical (unpaired) electrons. The molecule has 0 unspecified atom stereocenters. The number of ketones is 1. The van der Waals surface area contributed by atoms with Crippen LogP contribution in [0.3, 0.4) is 0 Å². The van der Waals surface area contributed by atoms with Gasteiger partial charge in [-0.15, -0.1) is 0 Å². The molecule has 0 atom stereocenters. The summed E-state index contributed by atoms with van der Waals surface area (Å²) in [7, 11) is -3.57. The molecule has 0 aliphatic heterocycles. The fraction of sp³-hybridized carbons (Fsp3) is 0.217. The van der Waals surface area contributed by atoms with E-state index in [9.17, 15) is 18.0 Å². The molecule has 0 aliphatic rings. The maximum atomic E-state index is 13.2. The van der Waals surface area contributed by atoms with E-state index in [1.807, 2.05) is 0 Å².